The lowest BCUT2D eigenvalue weighted by atomic mass is 9.82. The maximum Gasteiger partial charge on any atom is 0.304 e. The van der Waals surface area contributed by atoms with Gasteiger partial charge in [0.15, 0.2) is 20.1 Å². The molecule has 0 bridgehead atoms. The summed E-state index contributed by atoms with van der Waals surface area (Å²) in [6, 6.07) is 15.1. The van der Waals surface area contributed by atoms with Gasteiger partial charge in [-0.25, -0.2) is 0 Å². The molecule has 45 heavy (non-hydrogen) atoms. The molecule has 1 spiro atoms. The van der Waals surface area contributed by atoms with Crippen LogP contribution in [0.3, 0.4) is 0 Å². The van der Waals surface area contributed by atoms with E-state index in [1.807, 2.05) is 62.5 Å². The molecule has 1 aromatic heterocycles. The van der Waals surface area contributed by atoms with Gasteiger partial charge in [-0.15, -0.1) is 5.10 Å². The first-order valence-corrected chi connectivity index (χ1v) is 18.4. The lowest BCUT2D eigenvalue weighted by Gasteiger charge is -2.39. The van der Waals surface area contributed by atoms with Crippen molar-refractivity contribution in [2.24, 2.45) is 5.92 Å². The number of aliphatic hydroxyl groups is 1. The largest absolute Gasteiger partial charge is 0.441 e. The molecule has 2 saturated heterocycles. The van der Waals surface area contributed by atoms with E-state index in [0.717, 1.165) is 5.56 Å². The second-order valence-corrected chi connectivity index (χ2v) is 16.7. The first-order valence-electron chi connectivity index (χ1n) is 15.3. The average molecular weight is 634 g/mol. The fourth-order valence-corrected chi connectivity index (χ4v) is 9.93. The maximum absolute atomic E-state index is 14.7. The number of rotatable bonds is 10. The Morgan fingerprint density at radius 3 is 2.60 bits per heavy atom. The number of hydrogen-bond acceptors (Lipinski definition) is 9. The summed E-state index contributed by atoms with van der Waals surface area (Å²) >= 11 is 0. The van der Waals surface area contributed by atoms with Crippen LogP contribution in [-0.4, -0.2) is 69.9 Å². The second kappa shape index (κ2) is 11.8. The minimum atomic E-state index is -2.90. The highest BCUT2D eigenvalue weighted by atomic mass is 28.4. The third kappa shape index (κ3) is 5.47. The molecule has 0 aliphatic carbocycles. The Morgan fingerprint density at radius 2 is 1.93 bits per heavy atom. The van der Waals surface area contributed by atoms with Gasteiger partial charge >= 0.3 is 5.97 Å². The maximum atomic E-state index is 14.7. The van der Waals surface area contributed by atoms with Crippen LogP contribution in [0.2, 0.25) is 18.6 Å². The van der Waals surface area contributed by atoms with Crippen molar-refractivity contribution in [3.05, 3.63) is 71.5 Å². The third-order valence-electron chi connectivity index (χ3n) is 9.23. The van der Waals surface area contributed by atoms with Gasteiger partial charge in [0.1, 0.15) is 0 Å². The molecule has 0 radical (unpaired) electrons. The SMILES string of the molecule is CC(=O)OC1CC(=O)N1c1ccc2c(c1)[C@]1(O[C@@H](CCn3cc(CCO)nn3)[C@H]([Si](C)(C)O)[C@H]1C)C(=O)N2Cc1ccccc1. The van der Waals surface area contributed by atoms with Crippen LogP contribution in [-0.2, 0) is 49.0 Å². The number of amides is 2. The first-order chi connectivity index (χ1) is 21.4. The van der Waals surface area contributed by atoms with Crippen LogP contribution in [0.1, 0.15) is 43.5 Å². The van der Waals surface area contributed by atoms with E-state index in [0.29, 0.717) is 48.6 Å². The Balaban J connectivity index is 1.40. The van der Waals surface area contributed by atoms with Crippen LogP contribution in [0.25, 0.3) is 0 Å². The Morgan fingerprint density at radius 1 is 1.18 bits per heavy atom. The number of anilines is 2. The van der Waals surface area contributed by atoms with Crippen LogP contribution < -0.4 is 9.80 Å². The normalized spacial score (nSPS) is 26.0. The highest BCUT2D eigenvalue weighted by Crippen LogP contribution is 2.60. The van der Waals surface area contributed by atoms with Gasteiger partial charge in [0.25, 0.3) is 5.91 Å². The number of aryl methyl sites for hydroxylation is 1. The van der Waals surface area contributed by atoms with E-state index in [1.54, 1.807) is 21.8 Å². The predicted octanol–water partition coefficient (Wildman–Crippen LogP) is 2.87. The number of carbonyl (C=O) groups excluding carboxylic acids is 3. The third-order valence-corrected chi connectivity index (χ3v) is 11.7. The number of aliphatic hydroxyl groups excluding tert-OH is 1. The zero-order valence-corrected chi connectivity index (χ0v) is 26.9. The van der Waals surface area contributed by atoms with Crippen molar-refractivity contribution in [3.8, 4) is 0 Å². The summed E-state index contributed by atoms with van der Waals surface area (Å²) in [5, 5.41) is 17.6. The molecule has 2 fully saturated rings. The van der Waals surface area contributed by atoms with E-state index in [1.165, 1.54) is 11.8 Å². The van der Waals surface area contributed by atoms with E-state index in [4.69, 9.17) is 9.47 Å². The summed E-state index contributed by atoms with van der Waals surface area (Å²) < 4.78 is 14.0. The molecule has 3 aliphatic rings. The molecule has 3 aromatic rings. The van der Waals surface area contributed by atoms with Crippen LogP contribution in [0.5, 0.6) is 0 Å². The van der Waals surface area contributed by atoms with Crippen molar-refractivity contribution in [2.75, 3.05) is 16.4 Å². The number of ether oxygens (including phenoxy) is 2. The van der Waals surface area contributed by atoms with Crippen LogP contribution in [0.4, 0.5) is 11.4 Å². The Labute approximate surface area is 262 Å². The van der Waals surface area contributed by atoms with Gasteiger partial charge in [-0.1, -0.05) is 42.5 Å². The van der Waals surface area contributed by atoms with Gasteiger partial charge in [-0.3, -0.25) is 24.0 Å². The van der Waals surface area contributed by atoms with Crippen molar-refractivity contribution < 1.29 is 33.8 Å². The lowest BCUT2D eigenvalue weighted by molar-refractivity contribution is -0.153. The molecule has 238 valence electrons. The molecule has 13 heteroatoms. The number of hydrogen-bond donors (Lipinski definition) is 2. The smallest absolute Gasteiger partial charge is 0.304 e. The number of β-lactam (4-membered cyclic amide) rings is 1. The summed E-state index contributed by atoms with van der Waals surface area (Å²) in [5.74, 6) is -1.28. The summed E-state index contributed by atoms with van der Waals surface area (Å²) in [7, 11) is -2.90. The topological polar surface area (TPSA) is 147 Å². The second-order valence-electron chi connectivity index (χ2n) is 12.7. The van der Waals surface area contributed by atoms with E-state index >= 15 is 0 Å². The van der Waals surface area contributed by atoms with Crippen LogP contribution in [0, 0.1) is 5.92 Å². The minimum absolute atomic E-state index is 0.0233. The standard InChI is InChI=1S/C32H39N5O7Si/c1-20-30(45(3,4)42)27(12-14-35-19-23(13-15-38)33-34-35)44-32(20)25-16-24(37-28(40)17-29(37)43-21(2)39)10-11-26(25)36(31(32)41)18-22-8-6-5-7-9-22/h5-11,16,19-20,27,29-30,38,42H,12-15,17-18H2,1-4H3/t20-,27+,29?,30-,32+/m1/s1. The highest BCUT2D eigenvalue weighted by Gasteiger charge is 2.66. The van der Waals surface area contributed by atoms with E-state index in [-0.39, 0.29) is 30.4 Å². The molecule has 2 N–H and O–H groups in total. The first kappa shape index (κ1) is 31.1. The summed E-state index contributed by atoms with van der Waals surface area (Å²) in [6.45, 7) is 7.78. The summed E-state index contributed by atoms with van der Waals surface area (Å²) in [5.41, 5.74) is 1.75. The van der Waals surface area contributed by atoms with Crippen molar-refractivity contribution in [2.45, 2.75) is 82.8 Å². The van der Waals surface area contributed by atoms with Crippen molar-refractivity contribution in [3.63, 3.8) is 0 Å². The predicted molar refractivity (Wildman–Crippen MR) is 166 cm³/mol. The van der Waals surface area contributed by atoms with Crippen LogP contribution in [0.15, 0.2) is 54.7 Å². The number of benzene rings is 2. The molecule has 5 atom stereocenters. The molecule has 3 aliphatic heterocycles. The number of aromatic nitrogens is 3. The number of fused-ring (bicyclic) bond motifs is 2. The van der Waals surface area contributed by atoms with Gasteiger partial charge < -0.3 is 24.3 Å². The fraction of sp³-hybridized carbons (Fsp3) is 0.469. The average Bonchev–Trinajstić information content (AvgIpc) is 3.62. The molecular formula is C32H39N5O7Si. The van der Waals surface area contributed by atoms with Gasteiger partial charge in [-0.2, -0.15) is 0 Å². The molecule has 12 nitrogen and oxygen atoms in total. The number of esters is 1. The molecule has 1 unspecified atom stereocenters. The molecule has 2 amide bonds. The molecule has 6 rings (SSSR count). The van der Waals surface area contributed by atoms with Crippen molar-refractivity contribution >= 4 is 37.5 Å². The molecule has 2 aromatic carbocycles. The molecular weight excluding hydrogens is 594 g/mol. The zero-order chi connectivity index (χ0) is 32.1. The Bertz CT molecular complexity index is 1610. The zero-order valence-electron chi connectivity index (χ0n) is 25.9. The van der Waals surface area contributed by atoms with E-state index in [9.17, 15) is 24.3 Å². The van der Waals surface area contributed by atoms with Crippen molar-refractivity contribution in [1.82, 2.24) is 15.0 Å². The molecule has 0 saturated carbocycles. The van der Waals surface area contributed by atoms with Gasteiger partial charge in [-0.05, 0) is 43.3 Å². The van der Waals surface area contributed by atoms with E-state index in [2.05, 4.69) is 10.3 Å². The van der Waals surface area contributed by atoms with Gasteiger partial charge in [0, 0.05) is 55.4 Å². The molecule has 4 heterocycles. The summed E-state index contributed by atoms with van der Waals surface area (Å²) in [4.78, 5) is 54.0. The minimum Gasteiger partial charge on any atom is -0.441 e. The lowest BCUT2D eigenvalue weighted by Crippen LogP contribution is -2.55. The Hall–Kier alpha value is -3.91. The van der Waals surface area contributed by atoms with Crippen LogP contribution >= 0.6 is 0 Å². The highest BCUT2D eigenvalue weighted by molar-refractivity contribution is 6.71. The van der Waals surface area contributed by atoms with E-state index < -0.39 is 38.1 Å². The van der Waals surface area contributed by atoms with Crippen molar-refractivity contribution in [1.29, 1.82) is 0 Å². The van der Waals surface area contributed by atoms with Gasteiger partial charge in [0.2, 0.25) is 5.91 Å². The van der Waals surface area contributed by atoms with Gasteiger partial charge in [0.05, 0.1) is 30.5 Å². The summed E-state index contributed by atoms with van der Waals surface area (Å²) in [6.07, 6.45) is 1.58. The quantitative estimate of drug-likeness (QED) is 0.195. The Kier molecular flexibility index (Phi) is 8.14. The number of nitrogens with zero attached hydrogens (tertiary/aromatic N) is 5. The fourth-order valence-electron chi connectivity index (χ4n) is 7.33. The monoisotopic (exact) mass is 633 g/mol. The number of carbonyl (C=O) groups is 3.